The Morgan fingerprint density at radius 1 is 1.07 bits per heavy atom. The lowest BCUT2D eigenvalue weighted by molar-refractivity contribution is 0.254. The maximum atomic E-state index is 11.5. The molecule has 10 nitrogen and oxygen atoms in total. The zero-order valence-corrected chi connectivity index (χ0v) is 15.6. The summed E-state index contributed by atoms with van der Waals surface area (Å²) in [6, 6.07) is 10.7. The van der Waals surface area contributed by atoms with Gasteiger partial charge in [0, 0.05) is 30.7 Å². The fourth-order valence-corrected chi connectivity index (χ4v) is 2.86. The summed E-state index contributed by atoms with van der Waals surface area (Å²) in [5, 5.41) is 13.1. The number of pyridine rings is 1. The van der Waals surface area contributed by atoms with Gasteiger partial charge >= 0.3 is 6.03 Å². The van der Waals surface area contributed by atoms with Crippen molar-refractivity contribution in [2.75, 3.05) is 17.7 Å². The van der Waals surface area contributed by atoms with Gasteiger partial charge in [-0.15, -0.1) is 0 Å². The number of benzene rings is 1. The van der Waals surface area contributed by atoms with E-state index in [4.69, 9.17) is 5.14 Å². The van der Waals surface area contributed by atoms with E-state index in [0.29, 0.717) is 22.8 Å². The summed E-state index contributed by atoms with van der Waals surface area (Å²) in [5.41, 5.74) is 1.77. The van der Waals surface area contributed by atoms with E-state index in [9.17, 15) is 13.2 Å². The van der Waals surface area contributed by atoms with Crippen LogP contribution in [0, 0.1) is 0 Å². The maximum absolute atomic E-state index is 11.5. The van der Waals surface area contributed by atoms with E-state index in [2.05, 4.69) is 30.9 Å². The highest BCUT2D eigenvalue weighted by Crippen LogP contribution is 2.22. The highest BCUT2D eigenvalue weighted by molar-refractivity contribution is 7.89. The number of hydrogen-bond donors (Lipinski definition) is 4. The zero-order chi connectivity index (χ0) is 20.1. The Balaban J connectivity index is 1.85. The largest absolute Gasteiger partial charge is 0.341 e. The van der Waals surface area contributed by atoms with Crippen molar-refractivity contribution >= 4 is 33.5 Å². The number of nitrogens with zero attached hydrogens (tertiary/aromatic N) is 3. The van der Waals surface area contributed by atoms with E-state index in [1.807, 2.05) is 0 Å². The van der Waals surface area contributed by atoms with Crippen molar-refractivity contribution in [1.29, 1.82) is 0 Å². The van der Waals surface area contributed by atoms with Crippen molar-refractivity contribution in [3.05, 3.63) is 54.9 Å². The molecule has 3 rings (SSSR count). The molecule has 1 aromatic carbocycles. The summed E-state index contributed by atoms with van der Waals surface area (Å²) in [6.07, 6.45) is 3.10. The summed E-state index contributed by atoms with van der Waals surface area (Å²) in [7, 11) is -2.31. The molecule has 0 unspecified atom stereocenters. The van der Waals surface area contributed by atoms with Gasteiger partial charge in [0.05, 0.1) is 10.6 Å². The minimum absolute atomic E-state index is 0.0206. The molecule has 28 heavy (non-hydrogen) atoms. The van der Waals surface area contributed by atoms with Crippen molar-refractivity contribution in [3.63, 3.8) is 0 Å². The number of sulfonamides is 1. The monoisotopic (exact) mass is 399 g/mol. The lowest BCUT2D eigenvalue weighted by Gasteiger charge is -2.09. The number of nitrogens with two attached hydrogens (primary N) is 1. The molecule has 0 spiro atoms. The number of carbonyl (C=O) groups excluding carboxylic acids is 1. The van der Waals surface area contributed by atoms with Crippen LogP contribution >= 0.6 is 0 Å². The van der Waals surface area contributed by atoms with Crippen LogP contribution in [0.25, 0.3) is 11.3 Å². The van der Waals surface area contributed by atoms with Crippen molar-refractivity contribution in [1.82, 2.24) is 20.3 Å². The van der Waals surface area contributed by atoms with Crippen LogP contribution in [0.1, 0.15) is 0 Å². The van der Waals surface area contributed by atoms with E-state index in [1.165, 1.54) is 19.2 Å². The molecule has 144 valence electrons. The summed E-state index contributed by atoms with van der Waals surface area (Å²) >= 11 is 0. The molecule has 2 heterocycles. The van der Waals surface area contributed by atoms with Gasteiger partial charge in [-0.05, 0) is 36.4 Å². The quantitative estimate of drug-likeness (QED) is 0.509. The van der Waals surface area contributed by atoms with Gasteiger partial charge in [0.2, 0.25) is 16.0 Å². The average molecular weight is 399 g/mol. The Bertz CT molecular complexity index is 1120. The van der Waals surface area contributed by atoms with Crippen LogP contribution in [0.4, 0.5) is 22.2 Å². The van der Waals surface area contributed by atoms with Gasteiger partial charge in [0.1, 0.15) is 5.82 Å². The highest BCUT2D eigenvalue weighted by Gasteiger charge is 2.09. The normalized spacial score (nSPS) is 10.9. The molecule has 2 aromatic heterocycles. The van der Waals surface area contributed by atoms with Crippen molar-refractivity contribution in [2.45, 2.75) is 4.90 Å². The van der Waals surface area contributed by atoms with Gasteiger partial charge in [-0.3, -0.25) is 5.32 Å². The van der Waals surface area contributed by atoms with Crippen LogP contribution in [-0.2, 0) is 10.0 Å². The molecule has 5 N–H and O–H groups in total. The minimum atomic E-state index is -3.81. The molecule has 0 radical (unpaired) electrons. The van der Waals surface area contributed by atoms with E-state index < -0.39 is 10.0 Å². The molecule has 0 atom stereocenters. The number of carbonyl (C=O) groups is 1. The van der Waals surface area contributed by atoms with Gasteiger partial charge in [0.15, 0.2) is 0 Å². The third-order valence-corrected chi connectivity index (χ3v) is 4.51. The standard InChI is InChI=1S/C17H17N7O3S/c1-19-17(25)24-15-9-11(5-7-20-15)14-6-8-21-16(23-14)22-12-3-2-4-13(10-12)28(18,26)27/h2-10H,1H3,(H2,18,26,27)(H,21,22,23)(H2,19,20,24,25). The second kappa shape index (κ2) is 7.98. The predicted octanol–water partition coefficient (Wildman–Crippen LogP) is 1.68. The summed E-state index contributed by atoms with van der Waals surface area (Å²) in [5.74, 6) is 0.632. The Kier molecular flexibility index (Phi) is 5.47. The van der Waals surface area contributed by atoms with E-state index >= 15 is 0 Å². The van der Waals surface area contributed by atoms with Crippen LogP contribution in [0.15, 0.2) is 59.8 Å². The molecular formula is C17H17N7O3S. The number of anilines is 3. The number of nitrogens with one attached hydrogen (secondary N) is 3. The zero-order valence-electron chi connectivity index (χ0n) is 14.7. The third-order valence-electron chi connectivity index (χ3n) is 3.60. The first-order valence-electron chi connectivity index (χ1n) is 8.03. The molecule has 0 aliphatic heterocycles. The van der Waals surface area contributed by atoms with Gasteiger partial charge in [-0.25, -0.2) is 33.3 Å². The maximum Gasteiger partial charge on any atom is 0.320 e. The number of aromatic nitrogens is 3. The SMILES string of the molecule is CNC(=O)Nc1cc(-c2ccnc(Nc3cccc(S(N)(=O)=O)c3)n2)ccn1. The highest BCUT2D eigenvalue weighted by atomic mass is 32.2. The smallest absolute Gasteiger partial charge is 0.320 e. The lowest BCUT2D eigenvalue weighted by atomic mass is 10.2. The third kappa shape index (κ3) is 4.78. The Labute approximate surface area is 161 Å². The predicted molar refractivity (Wildman–Crippen MR) is 104 cm³/mol. The minimum Gasteiger partial charge on any atom is -0.341 e. The first-order valence-corrected chi connectivity index (χ1v) is 9.58. The Morgan fingerprint density at radius 3 is 2.61 bits per heavy atom. The van der Waals surface area contributed by atoms with Gasteiger partial charge in [-0.1, -0.05) is 6.07 Å². The molecule has 0 saturated carbocycles. The lowest BCUT2D eigenvalue weighted by Crippen LogP contribution is -2.24. The summed E-state index contributed by atoms with van der Waals surface area (Å²) < 4.78 is 23.0. The fraction of sp³-hybridized carbons (Fsp3) is 0.0588. The fourth-order valence-electron chi connectivity index (χ4n) is 2.30. The van der Waals surface area contributed by atoms with Crippen LogP contribution < -0.4 is 21.1 Å². The molecule has 0 aliphatic carbocycles. The van der Waals surface area contributed by atoms with Crippen LogP contribution in [0.2, 0.25) is 0 Å². The van der Waals surface area contributed by atoms with E-state index in [-0.39, 0.29) is 16.9 Å². The number of amides is 2. The topological polar surface area (TPSA) is 152 Å². The van der Waals surface area contributed by atoms with E-state index in [1.54, 1.807) is 42.7 Å². The van der Waals surface area contributed by atoms with Gasteiger partial charge < -0.3 is 10.6 Å². The van der Waals surface area contributed by atoms with E-state index in [0.717, 1.165) is 0 Å². The molecule has 2 amide bonds. The summed E-state index contributed by atoms with van der Waals surface area (Å²) in [4.78, 5) is 24.0. The molecule has 0 saturated heterocycles. The molecule has 0 aliphatic rings. The number of primary sulfonamides is 1. The van der Waals surface area contributed by atoms with Gasteiger partial charge in [0.25, 0.3) is 0 Å². The molecular weight excluding hydrogens is 382 g/mol. The van der Waals surface area contributed by atoms with Crippen molar-refractivity contribution in [2.24, 2.45) is 5.14 Å². The van der Waals surface area contributed by atoms with Crippen molar-refractivity contribution in [3.8, 4) is 11.3 Å². The van der Waals surface area contributed by atoms with Crippen LogP contribution in [0.3, 0.4) is 0 Å². The molecule has 11 heteroatoms. The second-order valence-electron chi connectivity index (χ2n) is 5.60. The summed E-state index contributed by atoms with van der Waals surface area (Å²) in [6.45, 7) is 0. The second-order valence-corrected chi connectivity index (χ2v) is 7.16. The molecule has 0 bridgehead atoms. The average Bonchev–Trinajstić information content (AvgIpc) is 2.68. The molecule has 3 aromatic rings. The number of hydrogen-bond acceptors (Lipinski definition) is 7. The van der Waals surface area contributed by atoms with Crippen LogP contribution in [0.5, 0.6) is 0 Å². The Morgan fingerprint density at radius 2 is 1.86 bits per heavy atom. The Hall–Kier alpha value is -3.57. The molecule has 0 fully saturated rings. The first-order chi connectivity index (χ1) is 13.3. The number of rotatable bonds is 5. The first kappa shape index (κ1) is 19.2. The number of urea groups is 1. The van der Waals surface area contributed by atoms with Gasteiger partial charge in [-0.2, -0.15) is 0 Å². The van der Waals surface area contributed by atoms with Crippen molar-refractivity contribution < 1.29 is 13.2 Å². The van der Waals surface area contributed by atoms with Crippen LogP contribution in [-0.4, -0.2) is 36.4 Å².